The Morgan fingerprint density at radius 2 is 1.82 bits per heavy atom. The molecule has 198 valence electrons. The molecule has 0 spiro atoms. The van der Waals surface area contributed by atoms with Crippen molar-refractivity contribution < 1.29 is 8.42 Å². The fourth-order valence-electron chi connectivity index (χ4n) is 4.48. The van der Waals surface area contributed by atoms with Crippen LogP contribution in [0.15, 0.2) is 75.4 Å². The topological polar surface area (TPSA) is 122 Å². The molecule has 38 heavy (non-hydrogen) atoms. The summed E-state index contributed by atoms with van der Waals surface area (Å²) >= 11 is 6.27. The Hall–Kier alpha value is -3.53. The SMILES string of the molecule is Cc1cnccc1-c1cccc(C(C)N(CCCNc2c(N)c(=O)c2=O)S(=O)(=O)c2cccc(Cl)c2C)c1. The standard InChI is InChI=1S/C28H29ClN4O4S/c1-17-16-31-13-11-22(17)21-8-4-7-20(15-21)19(3)33(14-6-12-32-26-25(30)27(34)28(26)35)38(36,37)24-10-5-9-23(29)18(24)2/h4-5,7-11,13,15-16,19,32H,6,12,14,30H2,1-3H3. The lowest BCUT2D eigenvalue weighted by atomic mass is 9.98. The summed E-state index contributed by atoms with van der Waals surface area (Å²) in [5.74, 6) is 0. The maximum absolute atomic E-state index is 14.0. The second-order valence-electron chi connectivity index (χ2n) is 9.20. The van der Waals surface area contributed by atoms with Crippen LogP contribution in [0.3, 0.4) is 0 Å². The first kappa shape index (κ1) is 27.5. The summed E-state index contributed by atoms with van der Waals surface area (Å²) in [6.45, 7) is 5.92. The molecule has 3 aromatic carbocycles. The smallest absolute Gasteiger partial charge is 0.253 e. The number of nitrogens with zero attached hydrogens (tertiary/aromatic N) is 2. The van der Waals surface area contributed by atoms with Crippen molar-refractivity contribution >= 4 is 33.0 Å². The summed E-state index contributed by atoms with van der Waals surface area (Å²) < 4.78 is 29.4. The molecule has 3 N–H and O–H groups in total. The fraction of sp³-hybridized carbons (Fsp3) is 0.250. The van der Waals surface area contributed by atoms with Crippen LogP contribution in [-0.4, -0.2) is 30.8 Å². The van der Waals surface area contributed by atoms with Crippen molar-refractivity contribution in [3.63, 3.8) is 0 Å². The van der Waals surface area contributed by atoms with Crippen LogP contribution < -0.4 is 21.9 Å². The van der Waals surface area contributed by atoms with Crippen LogP contribution in [0.25, 0.3) is 11.1 Å². The van der Waals surface area contributed by atoms with E-state index in [0.29, 0.717) is 17.0 Å². The molecule has 0 radical (unpaired) electrons. The number of benzene rings is 2. The van der Waals surface area contributed by atoms with E-state index in [-0.39, 0.29) is 29.4 Å². The second kappa shape index (κ2) is 11.1. The van der Waals surface area contributed by atoms with Gasteiger partial charge in [0.25, 0.3) is 10.9 Å². The number of pyridine rings is 1. The highest BCUT2D eigenvalue weighted by Gasteiger charge is 2.31. The Morgan fingerprint density at radius 3 is 2.53 bits per heavy atom. The minimum absolute atomic E-state index is 0.0866. The highest BCUT2D eigenvalue weighted by molar-refractivity contribution is 7.89. The molecular weight excluding hydrogens is 524 g/mol. The van der Waals surface area contributed by atoms with Gasteiger partial charge in [-0.2, -0.15) is 4.31 Å². The van der Waals surface area contributed by atoms with Crippen molar-refractivity contribution in [2.24, 2.45) is 0 Å². The quantitative estimate of drug-likeness (QED) is 0.220. The molecule has 0 aliphatic heterocycles. The van der Waals surface area contributed by atoms with Gasteiger partial charge in [-0.1, -0.05) is 35.9 Å². The summed E-state index contributed by atoms with van der Waals surface area (Å²) in [7, 11) is -3.96. The van der Waals surface area contributed by atoms with E-state index in [1.54, 1.807) is 37.5 Å². The van der Waals surface area contributed by atoms with Crippen molar-refractivity contribution in [3.8, 4) is 11.1 Å². The number of nitrogens with two attached hydrogens (primary N) is 1. The highest BCUT2D eigenvalue weighted by atomic mass is 35.5. The predicted molar refractivity (Wildman–Crippen MR) is 152 cm³/mol. The lowest BCUT2D eigenvalue weighted by Crippen LogP contribution is -2.38. The lowest BCUT2D eigenvalue weighted by Gasteiger charge is -2.30. The lowest BCUT2D eigenvalue weighted by molar-refractivity contribution is 0.340. The van der Waals surface area contributed by atoms with Gasteiger partial charge in [-0.15, -0.1) is 0 Å². The number of anilines is 2. The van der Waals surface area contributed by atoms with Crippen molar-refractivity contribution in [1.82, 2.24) is 9.29 Å². The highest BCUT2D eigenvalue weighted by Crippen LogP contribution is 2.33. The molecule has 1 heterocycles. The monoisotopic (exact) mass is 552 g/mol. The van der Waals surface area contributed by atoms with E-state index in [9.17, 15) is 18.0 Å². The van der Waals surface area contributed by atoms with Gasteiger partial charge in [0.15, 0.2) is 0 Å². The molecule has 0 saturated carbocycles. The zero-order valence-electron chi connectivity index (χ0n) is 21.4. The number of halogens is 1. The number of rotatable bonds is 10. The van der Waals surface area contributed by atoms with Gasteiger partial charge in [0.1, 0.15) is 11.4 Å². The van der Waals surface area contributed by atoms with E-state index in [4.69, 9.17) is 17.3 Å². The predicted octanol–water partition coefficient (Wildman–Crippen LogP) is 4.45. The molecule has 0 amide bonds. The molecule has 8 nitrogen and oxygen atoms in total. The number of hydrogen-bond donors (Lipinski definition) is 2. The zero-order chi connectivity index (χ0) is 27.6. The van der Waals surface area contributed by atoms with E-state index in [1.807, 2.05) is 44.2 Å². The molecule has 0 aliphatic rings. The second-order valence-corrected chi connectivity index (χ2v) is 11.5. The van der Waals surface area contributed by atoms with Gasteiger partial charge in [0, 0.05) is 36.5 Å². The van der Waals surface area contributed by atoms with E-state index in [0.717, 1.165) is 22.3 Å². The van der Waals surface area contributed by atoms with Crippen LogP contribution in [0.2, 0.25) is 5.02 Å². The minimum atomic E-state index is -3.96. The van der Waals surface area contributed by atoms with Crippen LogP contribution >= 0.6 is 11.6 Å². The van der Waals surface area contributed by atoms with Gasteiger partial charge in [0.05, 0.1) is 4.90 Å². The van der Waals surface area contributed by atoms with Gasteiger partial charge >= 0.3 is 0 Å². The third kappa shape index (κ3) is 5.22. The number of aryl methyl sites for hydroxylation is 1. The summed E-state index contributed by atoms with van der Waals surface area (Å²) in [5, 5.41) is 3.23. The third-order valence-corrected chi connectivity index (χ3v) is 9.27. The Labute approximate surface area is 226 Å². The summed E-state index contributed by atoms with van der Waals surface area (Å²) in [4.78, 5) is 27.4. The van der Waals surface area contributed by atoms with Crippen molar-refractivity contribution in [1.29, 1.82) is 0 Å². The van der Waals surface area contributed by atoms with Crippen LogP contribution in [0.4, 0.5) is 11.4 Å². The molecule has 1 aromatic heterocycles. The van der Waals surface area contributed by atoms with Gasteiger partial charge in [-0.3, -0.25) is 14.6 Å². The van der Waals surface area contributed by atoms with Crippen molar-refractivity contribution in [2.75, 3.05) is 24.1 Å². The average molecular weight is 553 g/mol. The van der Waals surface area contributed by atoms with Crippen LogP contribution in [0.1, 0.15) is 36.1 Å². The minimum Gasteiger partial charge on any atom is -0.394 e. The molecule has 4 rings (SSSR count). The van der Waals surface area contributed by atoms with Crippen molar-refractivity contribution in [2.45, 2.75) is 38.1 Å². The number of aromatic nitrogens is 1. The fourth-order valence-corrected chi connectivity index (χ4v) is 6.62. The first-order chi connectivity index (χ1) is 18.0. The molecule has 0 fully saturated rings. The van der Waals surface area contributed by atoms with Crippen LogP contribution in [0, 0.1) is 13.8 Å². The normalized spacial score (nSPS) is 12.7. The molecule has 0 bridgehead atoms. The summed E-state index contributed by atoms with van der Waals surface area (Å²) in [6, 6.07) is 14.0. The molecule has 0 aliphatic carbocycles. The van der Waals surface area contributed by atoms with E-state index in [1.165, 1.54) is 4.31 Å². The van der Waals surface area contributed by atoms with Gasteiger partial charge in [-0.05, 0) is 79.3 Å². The number of nitrogens with one attached hydrogen (secondary N) is 1. The Bertz CT molecular complexity index is 1660. The van der Waals surface area contributed by atoms with Gasteiger partial charge in [0.2, 0.25) is 10.0 Å². The summed E-state index contributed by atoms with van der Waals surface area (Å²) in [5.41, 5.74) is 8.52. The molecule has 4 aromatic rings. The number of sulfonamides is 1. The summed E-state index contributed by atoms with van der Waals surface area (Å²) in [6.07, 6.45) is 3.89. The largest absolute Gasteiger partial charge is 0.394 e. The van der Waals surface area contributed by atoms with E-state index in [2.05, 4.69) is 10.3 Å². The Morgan fingerprint density at radius 1 is 1.08 bits per heavy atom. The molecule has 1 atom stereocenters. The molecule has 10 heteroatoms. The molecule has 1 unspecified atom stereocenters. The molecular formula is C28H29ClN4O4S. The van der Waals surface area contributed by atoms with E-state index < -0.39 is 26.9 Å². The van der Waals surface area contributed by atoms with E-state index >= 15 is 0 Å². The zero-order valence-corrected chi connectivity index (χ0v) is 22.9. The average Bonchev–Trinajstić information content (AvgIpc) is 2.91. The van der Waals surface area contributed by atoms with Crippen molar-refractivity contribution in [3.05, 3.63) is 103 Å². The maximum Gasteiger partial charge on any atom is 0.253 e. The van der Waals surface area contributed by atoms with Gasteiger partial charge < -0.3 is 11.1 Å². The maximum atomic E-state index is 14.0. The Kier molecular flexibility index (Phi) is 8.01. The Balaban J connectivity index is 1.66. The first-order valence-corrected chi connectivity index (χ1v) is 14.0. The number of hydrogen-bond acceptors (Lipinski definition) is 7. The van der Waals surface area contributed by atoms with Gasteiger partial charge in [-0.25, -0.2) is 8.42 Å². The van der Waals surface area contributed by atoms with Crippen LogP contribution in [-0.2, 0) is 10.0 Å². The molecule has 0 saturated heterocycles. The third-order valence-electron chi connectivity index (χ3n) is 6.74. The first-order valence-electron chi connectivity index (χ1n) is 12.1. The van der Waals surface area contributed by atoms with Crippen LogP contribution in [0.5, 0.6) is 0 Å². The number of nitrogen functional groups attached to an aromatic ring is 1.